The van der Waals surface area contributed by atoms with E-state index in [4.69, 9.17) is 4.74 Å². The Kier molecular flexibility index (Phi) is 8.00. The lowest BCUT2D eigenvalue weighted by Crippen LogP contribution is -3.13. The van der Waals surface area contributed by atoms with Gasteiger partial charge >= 0.3 is 5.97 Å². The number of Topliss-reactive ketones (excluding diaryl/α,β-unsaturated/α-hetero) is 1. The number of rotatable bonds is 7. The lowest BCUT2D eigenvalue weighted by Gasteiger charge is -2.22. The van der Waals surface area contributed by atoms with Crippen molar-refractivity contribution in [1.29, 1.82) is 0 Å². The van der Waals surface area contributed by atoms with Crippen molar-refractivity contribution in [1.82, 2.24) is 0 Å². The van der Waals surface area contributed by atoms with Crippen molar-refractivity contribution in [2.45, 2.75) is 53.6 Å². The first-order valence-electron chi connectivity index (χ1n) is 6.74. The van der Waals surface area contributed by atoms with E-state index in [0.717, 1.165) is 0 Å². The fourth-order valence-corrected chi connectivity index (χ4v) is 1.84. The highest BCUT2D eigenvalue weighted by Crippen LogP contribution is 2.00. The molecule has 0 amide bonds. The molecule has 4 nitrogen and oxygen atoms in total. The van der Waals surface area contributed by atoms with Gasteiger partial charge in [-0.05, 0) is 53.7 Å². The number of ketones is 1. The van der Waals surface area contributed by atoms with Gasteiger partial charge in [-0.3, -0.25) is 4.79 Å². The molecule has 0 radical (unpaired) electrons. The molecule has 0 spiro atoms. The Morgan fingerprint density at radius 2 is 1.68 bits per heavy atom. The van der Waals surface area contributed by atoms with Crippen LogP contribution in [0.5, 0.6) is 0 Å². The second-order valence-electron chi connectivity index (χ2n) is 5.03. The zero-order chi connectivity index (χ0) is 15.0. The van der Waals surface area contributed by atoms with Crippen LogP contribution in [0.4, 0.5) is 0 Å². The SMILES string of the molecule is CCOC(=O)/C(=C\C=C\[NH+](C(C)C)C(C)C)C(C)=O. The Balaban J connectivity index is 4.97. The molecule has 0 aromatic heterocycles. The van der Waals surface area contributed by atoms with Crippen molar-refractivity contribution >= 4 is 11.8 Å². The molecule has 0 aliphatic heterocycles. The lowest BCUT2D eigenvalue weighted by atomic mass is 10.1. The summed E-state index contributed by atoms with van der Waals surface area (Å²) in [5.41, 5.74) is 0.0879. The second-order valence-corrected chi connectivity index (χ2v) is 5.03. The van der Waals surface area contributed by atoms with Crippen LogP contribution < -0.4 is 4.90 Å². The molecule has 0 unspecified atom stereocenters. The summed E-state index contributed by atoms with van der Waals surface area (Å²) >= 11 is 0. The van der Waals surface area contributed by atoms with E-state index >= 15 is 0 Å². The van der Waals surface area contributed by atoms with Gasteiger partial charge in [-0.1, -0.05) is 0 Å². The van der Waals surface area contributed by atoms with E-state index < -0.39 is 5.97 Å². The first-order valence-corrected chi connectivity index (χ1v) is 6.74. The molecule has 0 aliphatic rings. The van der Waals surface area contributed by atoms with Crippen LogP contribution in [0, 0.1) is 0 Å². The number of hydrogen-bond acceptors (Lipinski definition) is 3. The van der Waals surface area contributed by atoms with Gasteiger partial charge in [0.05, 0.1) is 24.9 Å². The summed E-state index contributed by atoms with van der Waals surface area (Å²) in [7, 11) is 0. The molecule has 0 aromatic carbocycles. The Morgan fingerprint density at radius 3 is 2.05 bits per heavy atom. The highest BCUT2D eigenvalue weighted by Gasteiger charge is 2.16. The third kappa shape index (κ3) is 6.34. The molecule has 4 heteroatoms. The Bertz CT molecular complexity index is 360. The minimum Gasteiger partial charge on any atom is -0.462 e. The van der Waals surface area contributed by atoms with Crippen LogP contribution in [-0.4, -0.2) is 30.4 Å². The third-order valence-electron chi connectivity index (χ3n) is 2.76. The summed E-state index contributed by atoms with van der Waals surface area (Å²) < 4.78 is 4.85. The maximum absolute atomic E-state index is 11.6. The summed E-state index contributed by atoms with van der Waals surface area (Å²) in [5, 5.41) is 0. The Hall–Kier alpha value is -1.42. The van der Waals surface area contributed by atoms with Crippen molar-refractivity contribution in [2.75, 3.05) is 6.61 Å². The van der Waals surface area contributed by atoms with Crippen molar-refractivity contribution in [2.24, 2.45) is 0 Å². The van der Waals surface area contributed by atoms with Crippen molar-refractivity contribution in [3.8, 4) is 0 Å². The molecule has 0 saturated heterocycles. The normalized spacial score (nSPS) is 12.8. The zero-order valence-electron chi connectivity index (χ0n) is 12.8. The molecule has 1 N–H and O–H groups in total. The fraction of sp³-hybridized carbons (Fsp3) is 0.600. The van der Waals surface area contributed by atoms with Crippen molar-refractivity contribution in [3.05, 3.63) is 23.9 Å². The number of nitrogens with one attached hydrogen (secondary N) is 1. The van der Waals surface area contributed by atoms with Crippen LogP contribution in [0.3, 0.4) is 0 Å². The number of quaternary nitrogens is 1. The lowest BCUT2D eigenvalue weighted by molar-refractivity contribution is -0.892. The van der Waals surface area contributed by atoms with E-state index in [1.165, 1.54) is 17.9 Å². The average molecular weight is 268 g/mol. The van der Waals surface area contributed by atoms with Crippen LogP contribution in [0.2, 0.25) is 0 Å². The summed E-state index contributed by atoms with van der Waals surface area (Å²) in [6.45, 7) is 11.9. The van der Waals surface area contributed by atoms with Gasteiger partial charge in [0.1, 0.15) is 5.57 Å². The highest BCUT2D eigenvalue weighted by molar-refractivity contribution is 6.16. The van der Waals surface area contributed by atoms with Crippen molar-refractivity contribution < 1.29 is 19.2 Å². The van der Waals surface area contributed by atoms with Gasteiger partial charge in [0.15, 0.2) is 5.78 Å². The molecule has 19 heavy (non-hydrogen) atoms. The number of carbonyl (C=O) groups excluding carboxylic acids is 2. The number of ether oxygens (including phenoxy) is 1. The summed E-state index contributed by atoms with van der Waals surface area (Å²) in [5.74, 6) is -0.839. The van der Waals surface area contributed by atoms with Gasteiger partial charge in [0, 0.05) is 0 Å². The first kappa shape index (κ1) is 17.6. The molecule has 108 valence electrons. The van der Waals surface area contributed by atoms with Gasteiger partial charge in [-0.25, -0.2) is 4.79 Å². The van der Waals surface area contributed by atoms with Gasteiger partial charge in [-0.2, -0.15) is 0 Å². The van der Waals surface area contributed by atoms with Crippen LogP contribution in [0.1, 0.15) is 41.5 Å². The van der Waals surface area contributed by atoms with Crippen LogP contribution >= 0.6 is 0 Å². The monoisotopic (exact) mass is 268 g/mol. The molecule has 0 aliphatic carbocycles. The average Bonchev–Trinajstić information content (AvgIpc) is 2.27. The molecular formula is C15H26NO3+. The molecule has 0 rings (SSSR count). The topological polar surface area (TPSA) is 47.8 Å². The maximum Gasteiger partial charge on any atom is 0.341 e. The summed E-state index contributed by atoms with van der Waals surface area (Å²) in [4.78, 5) is 24.3. The molecule has 0 saturated carbocycles. The van der Waals surface area contributed by atoms with E-state index in [0.29, 0.717) is 12.1 Å². The second kappa shape index (κ2) is 8.64. The Morgan fingerprint density at radius 1 is 1.16 bits per heavy atom. The minimum atomic E-state index is -0.560. The summed E-state index contributed by atoms with van der Waals surface area (Å²) in [6, 6.07) is 0.876. The molecule has 0 fully saturated rings. The number of esters is 1. The Labute approximate surface area is 116 Å². The fourth-order valence-electron chi connectivity index (χ4n) is 1.84. The van der Waals surface area contributed by atoms with E-state index in [9.17, 15) is 9.59 Å². The van der Waals surface area contributed by atoms with Gasteiger partial charge < -0.3 is 9.64 Å². The van der Waals surface area contributed by atoms with Gasteiger partial charge in [0.25, 0.3) is 0 Å². The predicted octanol–water partition coefficient (Wildman–Crippen LogP) is 1.28. The largest absolute Gasteiger partial charge is 0.462 e. The predicted molar refractivity (Wildman–Crippen MR) is 75.8 cm³/mol. The van der Waals surface area contributed by atoms with Gasteiger partial charge in [0.2, 0.25) is 0 Å². The number of allylic oxidation sites excluding steroid dienone is 2. The van der Waals surface area contributed by atoms with Crippen LogP contribution in [0.15, 0.2) is 23.9 Å². The quantitative estimate of drug-likeness (QED) is 0.249. The smallest absolute Gasteiger partial charge is 0.341 e. The zero-order valence-corrected chi connectivity index (χ0v) is 12.8. The molecule has 0 heterocycles. The van der Waals surface area contributed by atoms with Crippen LogP contribution in [0.25, 0.3) is 0 Å². The first-order chi connectivity index (χ1) is 8.81. The standard InChI is InChI=1S/C15H25NO3/c1-7-19-15(18)14(13(6)17)9-8-10-16(11(2)3)12(4)5/h8-12H,7H2,1-6H3/p+1/b10-8+,14-9-. The minimum absolute atomic E-state index is 0.0879. The number of carbonyl (C=O) groups is 2. The molecule has 0 atom stereocenters. The molecule has 0 bridgehead atoms. The van der Waals surface area contributed by atoms with E-state index in [1.54, 1.807) is 13.0 Å². The van der Waals surface area contributed by atoms with E-state index in [2.05, 4.69) is 27.7 Å². The molecule has 0 aromatic rings. The third-order valence-corrected chi connectivity index (χ3v) is 2.76. The van der Waals surface area contributed by atoms with E-state index in [1.807, 2.05) is 6.20 Å². The van der Waals surface area contributed by atoms with Crippen LogP contribution in [-0.2, 0) is 14.3 Å². The van der Waals surface area contributed by atoms with E-state index in [-0.39, 0.29) is 18.0 Å². The highest BCUT2D eigenvalue weighted by atomic mass is 16.5. The number of hydrogen-bond donors (Lipinski definition) is 1. The molecular weight excluding hydrogens is 242 g/mol. The maximum atomic E-state index is 11.6. The summed E-state index contributed by atoms with van der Waals surface area (Å²) in [6.07, 6.45) is 5.26. The van der Waals surface area contributed by atoms with Gasteiger partial charge in [-0.15, -0.1) is 0 Å². The van der Waals surface area contributed by atoms with Crippen molar-refractivity contribution in [3.63, 3.8) is 0 Å².